The maximum atomic E-state index is 11.7. The molecule has 1 unspecified atom stereocenters. The van der Waals surface area contributed by atoms with Crippen LogP contribution in [-0.4, -0.2) is 58.1 Å². The number of Topliss-reactive ketones (excluding diaryl/α,β-unsaturated/α-hetero) is 1. The van der Waals surface area contributed by atoms with Gasteiger partial charge in [-0.15, -0.1) is 0 Å². The van der Waals surface area contributed by atoms with Gasteiger partial charge in [-0.1, -0.05) is 0 Å². The normalized spacial score (nSPS) is 20.9. The average molecular weight is 289 g/mol. The lowest BCUT2D eigenvalue weighted by Crippen LogP contribution is -2.57. The van der Waals surface area contributed by atoms with Crippen molar-refractivity contribution < 1.29 is 18.1 Å². The minimum atomic E-state index is -2.67. The Labute approximate surface area is 117 Å². The Balaban J connectivity index is 2.76. The maximum Gasteiger partial charge on any atom is 0.515 e. The van der Waals surface area contributed by atoms with E-state index in [-0.39, 0.29) is 11.8 Å². The lowest BCUT2D eigenvalue weighted by atomic mass is 10.1. The zero-order valence-corrected chi connectivity index (χ0v) is 13.6. The number of hydrogen-bond acceptors (Lipinski definition) is 5. The minimum absolute atomic E-state index is 0.00763. The molecule has 19 heavy (non-hydrogen) atoms. The van der Waals surface area contributed by atoms with Crippen molar-refractivity contribution in [3.8, 4) is 0 Å². The molecular formula is C13H27NO4Si. The number of hydrogen-bond donors (Lipinski definition) is 0. The van der Waals surface area contributed by atoms with Crippen LogP contribution in [0.2, 0.25) is 0 Å². The van der Waals surface area contributed by atoms with Crippen LogP contribution in [0.4, 0.5) is 0 Å². The third-order valence-electron chi connectivity index (χ3n) is 3.32. The molecule has 0 aromatic carbocycles. The molecule has 0 radical (unpaired) electrons. The number of likely N-dealkylation sites (tertiary alicyclic amines) is 1. The SMILES string of the molecule is CCO[Si](CN1CCCC1C(C)=O)(OCC)OCC. The summed E-state index contributed by atoms with van der Waals surface area (Å²) in [6.07, 6.45) is 2.61. The van der Waals surface area contributed by atoms with E-state index in [0.717, 1.165) is 19.4 Å². The van der Waals surface area contributed by atoms with Crippen molar-refractivity contribution in [3.05, 3.63) is 0 Å². The van der Waals surface area contributed by atoms with Gasteiger partial charge in [0.25, 0.3) is 0 Å². The molecule has 1 heterocycles. The fraction of sp³-hybridized carbons (Fsp3) is 0.923. The van der Waals surface area contributed by atoms with Crippen LogP contribution in [-0.2, 0) is 18.1 Å². The number of carbonyl (C=O) groups is 1. The first kappa shape index (κ1) is 16.8. The summed E-state index contributed by atoms with van der Waals surface area (Å²) in [4.78, 5) is 13.8. The van der Waals surface area contributed by atoms with Crippen LogP contribution < -0.4 is 0 Å². The summed E-state index contributed by atoms with van der Waals surface area (Å²) in [6.45, 7) is 10.2. The Kier molecular flexibility index (Phi) is 7.16. The summed E-state index contributed by atoms with van der Waals surface area (Å²) in [5, 5.41) is 0. The molecule has 0 aromatic rings. The van der Waals surface area contributed by atoms with Crippen LogP contribution in [0.25, 0.3) is 0 Å². The molecule has 5 nitrogen and oxygen atoms in total. The van der Waals surface area contributed by atoms with Crippen LogP contribution in [0, 0.1) is 0 Å². The van der Waals surface area contributed by atoms with Gasteiger partial charge in [0.15, 0.2) is 0 Å². The van der Waals surface area contributed by atoms with Crippen molar-refractivity contribution in [2.24, 2.45) is 0 Å². The highest BCUT2D eigenvalue weighted by molar-refractivity contribution is 6.61. The molecule has 0 amide bonds. The number of nitrogens with zero attached hydrogens (tertiary/aromatic N) is 1. The predicted octanol–water partition coefficient (Wildman–Crippen LogP) is 1.63. The first-order chi connectivity index (χ1) is 9.08. The van der Waals surface area contributed by atoms with Gasteiger partial charge in [-0.2, -0.15) is 0 Å². The van der Waals surface area contributed by atoms with Crippen LogP contribution in [0.1, 0.15) is 40.5 Å². The molecule has 0 aromatic heterocycles. The number of rotatable bonds is 9. The molecule has 1 saturated heterocycles. The van der Waals surface area contributed by atoms with Crippen LogP contribution in [0.5, 0.6) is 0 Å². The Morgan fingerprint density at radius 1 is 1.16 bits per heavy atom. The number of ketones is 1. The van der Waals surface area contributed by atoms with E-state index in [4.69, 9.17) is 13.3 Å². The second kappa shape index (κ2) is 8.11. The Morgan fingerprint density at radius 3 is 2.11 bits per heavy atom. The van der Waals surface area contributed by atoms with E-state index in [9.17, 15) is 4.79 Å². The Hall–Kier alpha value is -0.273. The molecule has 0 bridgehead atoms. The van der Waals surface area contributed by atoms with E-state index in [1.54, 1.807) is 6.92 Å². The molecule has 0 saturated carbocycles. The molecule has 0 spiro atoms. The quantitative estimate of drug-likeness (QED) is 0.604. The van der Waals surface area contributed by atoms with Crippen molar-refractivity contribution in [1.82, 2.24) is 4.90 Å². The van der Waals surface area contributed by atoms with Crippen molar-refractivity contribution in [2.75, 3.05) is 32.5 Å². The Morgan fingerprint density at radius 2 is 1.68 bits per heavy atom. The first-order valence-corrected chi connectivity index (χ1v) is 9.18. The first-order valence-electron chi connectivity index (χ1n) is 7.24. The number of carbonyl (C=O) groups excluding carboxylic acids is 1. The van der Waals surface area contributed by atoms with E-state index < -0.39 is 8.80 Å². The molecule has 1 fully saturated rings. The summed E-state index contributed by atoms with van der Waals surface area (Å²) in [6, 6.07) is 0.00763. The van der Waals surface area contributed by atoms with Gasteiger partial charge >= 0.3 is 8.80 Å². The zero-order valence-electron chi connectivity index (χ0n) is 12.6. The standard InChI is InChI=1S/C13H27NO4Si/c1-5-16-19(17-6-2,18-7-3)11-14-10-8-9-13(14)12(4)15/h13H,5-11H2,1-4H3. The smallest absolute Gasteiger partial charge is 0.373 e. The topological polar surface area (TPSA) is 48.0 Å². The fourth-order valence-corrected chi connectivity index (χ4v) is 5.37. The maximum absolute atomic E-state index is 11.7. The fourth-order valence-electron chi connectivity index (χ4n) is 2.65. The molecule has 0 aliphatic carbocycles. The second-order valence-electron chi connectivity index (χ2n) is 4.72. The van der Waals surface area contributed by atoms with Gasteiger partial charge in [0.2, 0.25) is 0 Å². The highest BCUT2D eigenvalue weighted by atomic mass is 28.4. The second-order valence-corrected chi connectivity index (χ2v) is 7.27. The van der Waals surface area contributed by atoms with Crippen LogP contribution in [0.3, 0.4) is 0 Å². The average Bonchev–Trinajstić information content (AvgIpc) is 2.78. The van der Waals surface area contributed by atoms with Gasteiger partial charge in [0, 0.05) is 19.8 Å². The minimum Gasteiger partial charge on any atom is -0.373 e. The molecule has 1 rings (SSSR count). The summed E-state index contributed by atoms with van der Waals surface area (Å²) in [5.74, 6) is 0.227. The summed E-state index contributed by atoms with van der Waals surface area (Å²) >= 11 is 0. The molecule has 1 aliphatic rings. The monoisotopic (exact) mass is 289 g/mol. The van der Waals surface area contributed by atoms with Crippen molar-refractivity contribution in [3.63, 3.8) is 0 Å². The van der Waals surface area contributed by atoms with Crippen LogP contribution in [0.15, 0.2) is 0 Å². The third kappa shape index (κ3) is 4.64. The largest absolute Gasteiger partial charge is 0.515 e. The van der Waals surface area contributed by atoms with Gasteiger partial charge in [0.1, 0.15) is 5.78 Å². The van der Waals surface area contributed by atoms with Crippen LogP contribution >= 0.6 is 0 Å². The van der Waals surface area contributed by atoms with Gasteiger partial charge in [-0.3, -0.25) is 9.69 Å². The Bertz CT molecular complexity index is 271. The lowest BCUT2D eigenvalue weighted by molar-refractivity contribution is -0.121. The predicted molar refractivity (Wildman–Crippen MR) is 75.9 cm³/mol. The van der Waals surface area contributed by atoms with Gasteiger partial charge < -0.3 is 13.3 Å². The van der Waals surface area contributed by atoms with Crippen molar-refractivity contribution in [1.29, 1.82) is 0 Å². The van der Waals surface area contributed by atoms with Gasteiger partial charge in [0.05, 0.1) is 12.2 Å². The van der Waals surface area contributed by atoms with E-state index in [0.29, 0.717) is 26.0 Å². The zero-order chi connectivity index (χ0) is 14.3. The molecule has 0 N–H and O–H groups in total. The van der Waals surface area contributed by atoms with E-state index in [1.807, 2.05) is 20.8 Å². The van der Waals surface area contributed by atoms with Gasteiger partial charge in [-0.05, 0) is 47.1 Å². The van der Waals surface area contributed by atoms with E-state index in [1.165, 1.54) is 0 Å². The van der Waals surface area contributed by atoms with Crippen molar-refractivity contribution in [2.45, 2.75) is 46.6 Å². The van der Waals surface area contributed by atoms with Crippen molar-refractivity contribution >= 4 is 14.6 Å². The highest BCUT2D eigenvalue weighted by Gasteiger charge is 2.45. The summed E-state index contributed by atoms with van der Waals surface area (Å²) in [5.41, 5.74) is 0. The van der Waals surface area contributed by atoms with E-state index >= 15 is 0 Å². The van der Waals surface area contributed by atoms with Gasteiger partial charge in [-0.25, -0.2) is 0 Å². The third-order valence-corrected chi connectivity index (χ3v) is 6.30. The van der Waals surface area contributed by atoms with E-state index in [2.05, 4.69) is 4.90 Å². The molecule has 6 heteroatoms. The molecule has 1 atom stereocenters. The summed E-state index contributed by atoms with van der Waals surface area (Å²) < 4.78 is 17.5. The lowest BCUT2D eigenvalue weighted by Gasteiger charge is -2.33. The highest BCUT2D eigenvalue weighted by Crippen LogP contribution is 2.22. The molecule has 112 valence electrons. The molecule has 1 aliphatic heterocycles. The molecular weight excluding hydrogens is 262 g/mol. The summed E-state index contributed by atoms with van der Waals surface area (Å²) in [7, 11) is -2.67.